The maximum absolute atomic E-state index is 4.41. The third-order valence-electron chi connectivity index (χ3n) is 2.57. The SMILES string of the molecule is CC(C)Cc1ccc(-n2cnc(N=CN(C)C)n2)nc1. The topological polar surface area (TPSA) is 59.2 Å². The fraction of sp³-hybridized carbons (Fsp3) is 0.429. The van der Waals surface area contributed by atoms with Crippen LogP contribution in [0.4, 0.5) is 5.95 Å². The van der Waals surface area contributed by atoms with Crippen molar-refractivity contribution in [2.75, 3.05) is 14.1 Å². The summed E-state index contributed by atoms with van der Waals surface area (Å²) >= 11 is 0. The second kappa shape index (κ2) is 6.27. The first-order valence-electron chi connectivity index (χ1n) is 6.62. The zero-order chi connectivity index (χ0) is 14.5. The van der Waals surface area contributed by atoms with Crippen LogP contribution in [0.2, 0.25) is 0 Å². The Labute approximate surface area is 119 Å². The predicted molar refractivity (Wildman–Crippen MR) is 79.5 cm³/mol. The zero-order valence-electron chi connectivity index (χ0n) is 12.4. The quantitative estimate of drug-likeness (QED) is 0.617. The molecule has 6 heteroatoms. The van der Waals surface area contributed by atoms with E-state index >= 15 is 0 Å². The average Bonchev–Trinajstić information content (AvgIpc) is 2.85. The van der Waals surface area contributed by atoms with Crippen molar-refractivity contribution in [2.24, 2.45) is 10.9 Å². The van der Waals surface area contributed by atoms with Gasteiger partial charge in [0.15, 0.2) is 5.82 Å². The Balaban J connectivity index is 2.12. The van der Waals surface area contributed by atoms with Crippen LogP contribution in [0.1, 0.15) is 19.4 Å². The third-order valence-corrected chi connectivity index (χ3v) is 2.57. The summed E-state index contributed by atoms with van der Waals surface area (Å²) in [5.41, 5.74) is 1.23. The monoisotopic (exact) mass is 272 g/mol. The predicted octanol–water partition coefficient (Wildman–Crippen LogP) is 2.08. The number of aromatic nitrogens is 4. The van der Waals surface area contributed by atoms with Crippen LogP contribution in [0.3, 0.4) is 0 Å². The molecule has 0 radical (unpaired) electrons. The van der Waals surface area contributed by atoms with E-state index in [0.717, 1.165) is 12.2 Å². The van der Waals surface area contributed by atoms with Crippen LogP contribution >= 0.6 is 0 Å². The second-order valence-corrected chi connectivity index (χ2v) is 5.32. The van der Waals surface area contributed by atoms with Gasteiger partial charge in [-0.2, -0.15) is 4.98 Å². The lowest BCUT2D eigenvalue weighted by Crippen LogP contribution is -2.07. The molecule has 0 aliphatic rings. The van der Waals surface area contributed by atoms with Crippen molar-refractivity contribution in [2.45, 2.75) is 20.3 Å². The first-order valence-corrected chi connectivity index (χ1v) is 6.62. The molecule has 20 heavy (non-hydrogen) atoms. The summed E-state index contributed by atoms with van der Waals surface area (Å²) in [6.45, 7) is 4.39. The molecular weight excluding hydrogens is 252 g/mol. The molecule has 2 aromatic heterocycles. The Bertz CT molecular complexity index is 568. The highest BCUT2D eigenvalue weighted by Gasteiger charge is 2.04. The van der Waals surface area contributed by atoms with Gasteiger partial charge in [-0.05, 0) is 24.0 Å². The van der Waals surface area contributed by atoms with Gasteiger partial charge >= 0.3 is 0 Å². The van der Waals surface area contributed by atoms with E-state index in [1.807, 2.05) is 31.3 Å². The van der Waals surface area contributed by atoms with Crippen LogP contribution in [0.5, 0.6) is 0 Å². The Morgan fingerprint density at radius 1 is 1.30 bits per heavy atom. The normalized spacial score (nSPS) is 11.4. The minimum Gasteiger partial charge on any atom is -0.369 e. The summed E-state index contributed by atoms with van der Waals surface area (Å²) in [5.74, 6) is 1.80. The van der Waals surface area contributed by atoms with E-state index in [-0.39, 0.29) is 0 Å². The van der Waals surface area contributed by atoms with Gasteiger partial charge in [0, 0.05) is 20.3 Å². The van der Waals surface area contributed by atoms with E-state index in [2.05, 4.69) is 40.0 Å². The van der Waals surface area contributed by atoms with Gasteiger partial charge in [0.2, 0.25) is 0 Å². The molecule has 0 fully saturated rings. The molecule has 0 spiro atoms. The van der Waals surface area contributed by atoms with Gasteiger partial charge in [-0.25, -0.2) is 14.7 Å². The fourth-order valence-electron chi connectivity index (χ4n) is 1.74. The lowest BCUT2D eigenvalue weighted by atomic mass is 10.1. The molecule has 0 aliphatic heterocycles. The van der Waals surface area contributed by atoms with Crippen molar-refractivity contribution in [1.82, 2.24) is 24.6 Å². The van der Waals surface area contributed by atoms with Crippen LogP contribution in [-0.2, 0) is 6.42 Å². The highest BCUT2D eigenvalue weighted by Crippen LogP contribution is 2.10. The number of hydrogen-bond donors (Lipinski definition) is 0. The number of aliphatic imine (C=N–C) groups is 1. The smallest absolute Gasteiger partial charge is 0.270 e. The van der Waals surface area contributed by atoms with Crippen molar-refractivity contribution in [3.63, 3.8) is 0 Å². The van der Waals surface area contributed by atoms with E-state index in [9.17, 15) is 0 Å². The van der Waals surface area contributed by atoms with E-state index in [4.69, 9.17) is 0 Å². The van der Waals surface area contributed by atoms with Gasteiger partial charge in [0.1, 0.15) is 6.33 Å². The van der Waals surface area contributed by atoms with Gasteiger partial charge < -0.3 is 4.90 Å². The van der Waals surface area contributed by atoms with Crippen molar-refractivity contribution in [3.8, 4) is 5.82 Å². The lowest BCUT2D eigenvalue weighted by Gasteiger charge is -2.05. The van der Waals surface area contributed by atoms with Crippen LogP contribution in [-0.4, -0.2) is 45.1 Å². The maximum Gasteiger partial charge on any atom is 0.270 e. The van der Waals surface area contributed by atoms with Crippen molar-refractivity contribution in [1.29, 1.82) is 0 Å². The first-order chi connectivity index (χ1) is 9.54. The number of pyridine rings is 1. The molecule has 0 aliphatic carbocycles. The first kappa shape index (κ1) is 14.2. The molecule has 6 nitrogen and oxygen atoms in total. The molecule has 0 atom stereocenters. The average molecular weight is 272 g/mol. The summed E-state index contributed by atoms with van der Waals surface area (Å²) in [4.78, 5) is 14.5. The summed E-state index contributed by atoms with van der Waals surface area (Å²) in [6, 6.07) is 4.03. The molecule has 2 rings (SSSR count). The van der Waals surface area contributed by atoms with Gasteiger partial charge in [-0.1, -0.05) is 19.9 Å². The van der Waals surface area contributed by atoms with Gasteiger partial charge in [0.05, 0.1) is 6.34 Å². The number of rotatable bonds is 5. The third kappa shape index (κ3) is 3.88. The lowest BCUT2D eigenvalue weighted by molar-refractivity contribution is 0.642. The van der Waals surface area contributed by atoms with Gasteiger partial charge in [-0.15, -0.1) is 5.10 Å². The second-order valence-electron chi connectivity index (χ2n) is 5.32. The van der Waals surface area contributed by atoms with Crippen LogP contribution in [0.15, 0.2) is 29.6 Å². The van der Waals surface area contributed by atoms with E-state index in [0.29, 0.717) is 11.9 Å². The Hall–Kier alpha value is -2.24. The van der Waals surface area contributed by atoms with Gasteiger partial charge in [-0.3, -0.25) is 0 Å². The van der Waals surface area contributed by atoms with E-state index in [1.165, 1.54) is 5.56 Å². The molecule has 2 aromatic rings. The molecule has 0 N–H and O–H groups in total. The largest absolute Gasteiger partial charge is 0.369 e. The highest BCUT2D eigenvalue weighted by atomic mass is 15.4. The minimum atomic E-state index is 0.423. The zero-order valence-corrected chi connectivity index (χ0v) is 12.4. The molecule has 0 unspecified atom stereocenters. The summed E-state index contributed by atoms with van der Waals surface area (Å²) < 4.78 is 1.63. The standard InChI is InChI=1S/C14H20N6/c1-11(2)7-12-5-6-13(15-8-12)20-10-17-14(18-20)16-9-19(3)4/h5-6,8-11H,7H2,1-4H3. The van der Waals surface area contributed by atoms with Crippen LogP contribution in [0.25, 0.3) is 5.82 Å². The summed E-state index contributed by atoms with van der Waals surface area (Å²) in [6.07, 6.45) is 6.20. The molecule has 0 saturated carbocycles. The fourth-order valence-corrected chi connectivity index (χ4v) is 1.74. The molecular formula is C14H20N6. The minimum absolute atomic E-state index is 0.423. The molecule has 0 aromatic carbocycles. The molecule has 0 amide bonds. The van der Waals surface area contributed by atoms with E-state index in [1.54, 1.807) is 17.3 Å². The maximum atomic E-state index is 4.41. The van der Waals surface area contributed by atoms with Crippen molar-refractivity contribution >= 4 is 12.3 Å². The molecule has 106 valence electrons. The molecule has 0 saturated heterocycles. The van der Waals surface area contributed by atoms with Gasteiger partial charge in [0.25, 0.3) is 5.95 Å². The number of hydrogen-bond acceptors (Lipinski definition) is 4. The Morgan fingerprint density at radius 2 is 2.10 bits per heavy atom. The number of nitrogens with zero attached hydrogens (tertiary/aromatic N) is 6. The summed E-state index contributed by atoms with van der Waals surface area (Å²) in [7, 11) is 3.80. The Morgan fingerprint density at radius 3 is 2.70 bits per heavy atom. The van der Waals surface area contributed by atoms with Crippen LogP contribution < -0.4 is 0 Å². The van der Waals surface area contributed by atoms with Crippen LogP contribution in [0, 0.1) is 5.92 Å². The van der Waals surface area contributed by atoms with Crippen molar-refractivity contribution < 1.29 is 0 Å². The molecule has 2 heterocycles. The van der Waals surface area contributed by atoms with Crippen molar-refractivity contribution in [3.05, 3.63) is 30.2 Å². The summed E-state index contributed by atoms with van der Waals surface area (Å²) in [5, 5.41) is 4.26. The Kier molecular flexibility index (Phi) is 4.45. The molecule has 0 bridgehead atoms. The highest BCUT2D eigenvalue weighted by molar-refractivity contribution is 5.57. The van der Waals surface area contributed by atoms with E-state index < -0.39 is 0 Å².